The normalized spacial score (nSPS) is 11.3. The Morgan fingerprint density at radius 2 is 1.68 bits per heavy atom. The number of nitrogen functional groups attached to an aromatic ring is 1. The van der Waals surface area contributed by atoms with Crippen molar-refractivity contribution in [3.63, 3.8) is 0 Å². The van der Waals surface area contributed by atoms with Crippen LogP contribution in [0.3, 0.4) is 0 Å². The van der Waals surface area contributed by atoms with E-state index in [9.17, 15) is 4.79 Å². The third-order valence-electron chi connectivity index (χ3n) is 6.08. The third kappa shape index (κ3) is 3.94. The van der Waals surface area contributed by atoms with Crippen molar-refractivity contribution >= 4 is 11.6 Å². The lowest BCUT2D eigenvalue weighted by Crippen LogP contribution is -2.24. The summed E-state index contributed by atoms with van der Waals surface area (Å²) in [5.41, 5.74) is 12.0. The molecule has 0 spiro atoms. The molecule has 5 aromatic heterocycles. The molecule has 0 fully saturated rings. The molecule has 0 saturated heterocycles. The van der Waals surface area contributed by atoms with Crippen LogP contribution in [0, 0.1) is 13.8 Å². The fraction of sp³-hybridized carbons (Fsp3) is 0.111. The number of pyridine rings is 2. The number of hydrogen-bond donors (Lipinski definition) is 1. The van der Waals surface area contributed by atoms with Crippen LogP contribution in [-0.4, -0.2) is 38.9 Å². The maximum Gasteiger partial charge on any atom is 0.353 e. The van der Waals surface area contributed by atoms with Gasteiger partial charge in [0, 0.05) is 41.1 Å². The van der Waals surface area contributed by atoms with Crippen LogP contribution in [0.4, 0.5) is 5.95 Å². The van der Waals surface area contributed by atoms with Gasteiger partial charge in [0.15, 0.2) is 11.5 Å². The average molecular weight is 490 g/mol. The molecule has 5 heterocycles. The van der Waals surface area contributed by atoms with Gasteiger partial charge < -0.3 is 5.73 Å². The Balaban J connectivity index is 1.61. The molecule has 0 radical (unpaired) electrons. The number of nitrogens with two attached hydrogens (primary N) is 1. The molecular weight excluding hydrogens is 466 g/mol. The number of hydrogen-bond acceptors (Lipinski definition) is 7. The molecule has 0 aliphatic carbocycles. The summed E-state index contributed by atoms with van der Waals surface area (Å²) in [5.74, 6) is 0.683. The number of rotatable bonds is 5. The molecule has 6 rings (SSSR count). The van der Waals surface area contributed by atoms with E-state index in [1.807, 2.05) is 74.5 Å². The molecule has 1 aromatic carbocycles. The summed E-state index contributed by atoms with van der Waals surface area (Å²) < 4.78 is 4.40. The Labute approximate surface area is 211 Å². The van der Waals surface area contributed by atoms with Crippen LogP contribution >= 0.6 is 0 Å². The molecule has 0 aliphatic heterocycles. The van der Waals surface area contributed by atoms with E-state index in [1.165, 1.54) is 9.08 Å². The second kappa shape index (κ2) is 8.83. The molecule has 0 saturated carbocycles. The number of benzene rings is 1. The smallest absolute Gasteiger partial charge is 0.353 e. The lowest BCUT2D eigenvalue weighted by Gasteiger charge is -2.13. The Kier molecular flexibility index (Phi) is 5.33. The molecule has 0 amide bonds. The first-order valence-electron chi connectivity index (χ1n) is 11.7. The van der Waals surface area contributed by atoms with Crippen molar-refractivity contribution < 1.29 is 0 Å². The van der Waals surface area contributed by atoms with Crippen LogP contribution in [0.5, 0.6) is 0 Å². The molecule has 0 bridgehead atoms. The molecule has 10 nitrogen and oxygen atoms in total. The van der Waals surface area contributed by atoms with Gasteiger partial charge in [-0.2, -0.15) is 5.10 Å². The molecule has 2 N–H and O–H groups in total. The fourth-order valence-electron chi connectivity index (χ4n) is 4.57. The van der Waals surface area contributed by atoms with Gasteiger partial charge in [-0.3, -0.25) is 4.98 Å². The SMILES string of the molecule is Cc1cc(-c2c(-c3ccccc3)nc(N)n3c(=O)n(Cc4cccnc4-n4cccn4)nc23)cc(C)n1. The van der Waals surface area contributed by atoms with E-state index in [1.54, 1.807) is 23.3 Å². The third-order valence-corrected chi connectivity index (χ3v) is 6.08. The van der Waals surface area contributed by atoms with E-state index < -0.39 is 5.69 Å². The van der Waals surface area contributed by atoms with Gasteiger partial charge in [0.05, 0.1) is 17.8 Å². The first-order valence-corrected chi connectivity index (χ1v) is 11.7. The summed E-state index contributed by atoms with van der Waals surface area (Å²) in [7, 11) is 0. The largest absolute Gasteiger partial charge is 0.369 e. The second-order valence-corrected chi connectivity index (χ2v) is 8.73. The van der Waals surface area contributed by atoms with E-state index in [0.29, 0.717) is 22.7 Å². The Hall–Kier alpha value is -5.12. The zero-order valence-electron chi connectivity index (χ0n) is 20.3. The second-order valence-electron chi connectivity index (χ2n) is 8.73. The van der Waals surface area contributed by atoms with Crippen molar-refractivity contribution in [2.75, 3.05) is 5.73 Å². The Morgan fingerprint density at radius 3 is 2.41 bits per heavy atom. The molecule has 6 aromatic rings. The van der Waals surface area contributed by atoms with E-state index in [0.717, 1.165) is 28.1 Å². The van der Waals surface area contributed by atoms with Crippen molar-refractivity contribution in [1.82, 2.24) is 38.9 Å². The molecule has 0 unspecified atom stereocenters. The maximum absolute atomic E-state index is 13.6. The molecule has 182 valence electrons. The number of aryl methyl sites for hydroxylation is 2. The summed E-state index contributed by atoms with van der Waals surface area (Å²) >= 11 is 0. The topological polar surface area (TPSA) is 122 Å². The Bertz CT molecular complexity index is 1780. The zero-order chi connectivity index (χ0) is 25.5. The fourth-order valence-corrected chi connectivity index (χ4v) is 4.57. The van der Waals surface area contributed by atoms with Crippen LogP contribution in [0.15, 0.2) is 84.0 Å². The van der Waals surface area contributed by atoms with Crippen LogP contribution in [-0.2, 0) is 6.54 Å². The summed E-state index contributed by atoms with van der Waals surface area (Å²) in [6, 6.07) is 19.2. The number of anilines is 1. The summed E-state index contributed by atoms with van der Waals surface area (Å²) in [5, 5.41) is 9.07. The van der Waals surface area contributed by atoms with E-state index in [2.05, 4.69) is 20.1 Å². The van der Waals surface area contributed by atoms with Crippen LogP contribution < -0.4 is 11.4 Å². The van der Waals surface area contributed by atoms with Crippen molar-refractivity contribution in [2.24, 2.45) is 0 Å². The highest BCUT2D eigenvalue weighted by Crippen LogP contribution is 2.34. The first-order chi connectivity index (χ1) is 18.0. The van der Waals surface area contributed by atoms with Gasteiger partial charge in [0.1, 0.15) is 0 Å². The highest BCUT2D eigenvalue weighted by molar-refractivity contribution is 5.90. The van der Waals surface area contributed by atoms with Crippen molar-refractivity contribution in [1.29, 1.82) is 0 Å². The predicted molar refractivity (Wildman–Crippen MR) is 140 cm³/mol. The van der Waals surface area contributed by atoms with Gasteiger partial charge >= 0.3 is 5.69 Å². The zero-order valence-corrected chi connectivity index (χ0v) is 20.3. The summed E-state index contributed by atoms with van der Waals surface area (Å²) in [6.07, 6.45) is 5.17. The number of fused-ring (bicyclic) bond motifs is 1. The monoisotopic (exact) mass is 489 g/mol. The van der Waals surface area contributed by atoms with Crippen LogP contribution in [0.25, 0.3) is 33.8 Å². The van der Waals surface area contributed by atoms with E-state index >= 15 is 0 Å². The van der Waals surface area contributed by atoms with Gasteiger partial charge in [0.25, 0.3) is 0 Å². The van der Waals surface area contributed by atoms with Crippen molar-refractivity contribution in [3.05, 3.63) is 107 Å². The lowest BCUT2D eigenvalue weighted by atomic mass is 9.99. The molecule has 0 aliphatic rings. The van der Waals surface area contributed by atoms with Crippen molar-refractivity contribution in [2.45, 2.75) is 20.4 Å². The highest BCUT2D eigenvalue weighted by atomic mass is 16.2. The van der Waals surface area contributed by atoms with Crippen LogP contribution in [0.1, 0.15) is 17.0 Å². The molecule has 37 heavy (non-hydrogen) atoms. The highest BCUT2D eigenvalue weighted by Gasteiger charge is 2.22. The lowest BCUT2D eigenvalue weighted by molar-refractivity contribution is 0.650. The standard InChI is InChI=1S/C27H23N9O/c1-17-14-21(15-18(2)31-17)22-23(19-8-4-3-5-9-19)32-26(28)36-25(22)33-35(27(36)37)16-20-10-6-11-29-24(20)34-13-7-12-30-34/h3-15H,16H2,1-2H3,(H2,28,32). The maximum atomic E-state index is 13.6. The first kappa shape index (κ1) is 22.4. The van der Waals surface area contributed by atoms with Gasteiger partial charge in [-0.05, 0) is 43.7 Å². The van der Waals surface area contributed by atoms with Crippen LogP contribution in [0.2, 0.25) is 0 Å². The minimum Gasteiger partial charge on any atom is -0.369 e. The quantitative estimate of drug-likeness (QED) is 0.394. The molecule has 0 atom stereocenters. The van der Waals surface area contributed by atoms with Gasteiger partial charge in [-0.25, -0.2) is 28.5 Å². The van der Waals surface area contributed by atoms with Gasteiger partial charge in [0.2, 0.25) is 5.95 Å². The van der Waals surface area contributed by atoms with Gasteiger partial charge in [-0.1, -0.05) is 36.4 Å². The number of aromatic nitrogens is 8. The van der Waals surface area contributed by atoms with E-state index in [-0.39, 0.29) is 12.5 Å². The van der Waals surface area contributed by atoms with E-state index in [4.69, 9.17) is 10.8 Å². The molecule has 10 heteroatoms. The summed E-state index contributed by atoms with van der Waals surface area (Å²) in [6.45, 7) is 4.05. The van der Waals surface area contributed by atoms with Gasteiger partial charge in [-0.15, -0.1) is 5.10 Å². The number of nitrogens with zero attached hydrogens (tertiary/aromatic N) is 8. The average Bonchev–Trinajstić information content (AvgIpc) is 3.53. The minimum absolute atomic E-state index is 0.0647. The predicted octanol–water partition coefficient (Wildman–Crippen LogP) is 3.45. The van der Waals surface area contributed by atoms with Crippen molar-refractivity contribution in [3.8, 4) is 28.2 Å². The Morgan fingerprint density at radius 1 is 0.892 bits per heavy atom. The molecular formula is C27H23N9O. The minimum atomic E-state index is -0.390. The summed E-state index contributed by atoms with van der Waals surface area (Å²) in [4.78, 5) is 27.3.